The van der Waals surface area contributed by atoms with Crippen LogP contribution in [0.2, 0.25) is 0 Å². The van der Waals surface area contributed by atoms with Gasteiger partial charge in [0.25, 0.3) is 0 Å². The van der Waals surface area contributed by atoms with Crippen LogP contribution in [0.4, 0.5) is 13.2 Å². The lowest BCUT2D eigenvalue weighted by Gasteiger charge is -2.38. The Labute approximate surface area is 806 Å². The molecule has 0 bridgehead atoms. The van der Waals surface area contributed by atoms with Crippen LogP contribution in [0.5, 0.6) is 5.75 Å². The first-order valence-corrected chi connectivity index (χ1v) is 48.6. The number of benzene rings is 6. The number of nitrogens with one attached hydrogen (secondary N) is 7. The Hall–Kier alpha value is -12.7. The number of aromatic amines is 1. The highest BCUT2D eigenvalue weighted by Crippen LogP contribution is 2.32. The molecule has 4 heterocycles. The summed E-state index contributed by atoms with van der Waals surface area (Å²) in [6.45, 7) is 4.99. The van der Waals surface area contributed by atoms with E-state index < -0.39 is 240 Å². The molecule has 7 aromatic rings. The fourth-order valence-electron chi connectivity index (χ4n) is 18.1. The van der Waals surface area contributed by atoms with Crippen LogP contribution in [0, 0.1) is 41.1 Å². The average molecular weight is 1930 g/mol. The van der Waals surface area contributed by atoms with Crippen LogP contribution >= 0.6 is 11.8 Å². The summed E-state index contributed by atoms with van der Waals surface area (Å²) in [5.41, 5.74) is 28.0. The number of ketones is 3. The summed E-state index contributed by atoms with van der Waals surface area (Å²) in [4.78, 5) is 237. The summed E-state index contributed by atoms with van der Waals surface area (Å²) in [6, 6.07) is 24.3. The van der Waals surface area contributed by atoms with Gasteiger partial charge in [-0.15, -0.1) is 11.8 Å². The Morgan fingerprint density at radius 3 is 1.70 bits per heavy atom. The molecule has 138 heavy (non-hydrogen) atoms. The smallest absolute Gasteiger partial charge is 0.246 e. The number of rotatable bonds is 26. The number of aromatic nitrogens is 1. The Kier molecular flexibility index (Phi) is 40.6. The molecule has 3 saturated heterocycles. The molecule has 0 radical (unpaired) electrons. The summed E-state index contributed by atoms with van der Waals surface area (Å²) in [6.07, 6.45) is 1.13. The molecule has 32 nitrogen and oxygen atoms in total. The Morgan fingerprint density at radius 1 is 0.500 bits per heavy atom. The second kappa shape index (κ2) is 52.2. The van der Waals surface area contributed by atoms with E-state index in [0.29, 0.717) is 84.0 Å². The van der Waals surface area contributed by atoms with E-state index in [1.165, 1.54) is 65.0 Å². The number of carbonyl (C=O) groups excluding carboxylic acids is 15. The summed E-state index contributed by atoms with van der Waals surface area (Å²) in [5.74, 6) is -21.9. The third-order valence-electron chi connectivity index (χ3n) is 26.3. The SMILES string of the molecule is CCCC[C@H]1C(=O)N2CCC[C@@H]2C(=O)C[C@@H](CN)C(=O)C[C@@H](C(C)C)C(=O)N(C)[C@@H](Cc2ccccc2)C(=O)N[C@@H](Cc2ccc(CN)cc2)C(=O)N2CCCC[C@@H]2C(=O)NC[C@@H](Cc2c[nH]c3ccccc23)C(=O)N[C@@H](Cc2ccc(O)cc2)C(=O)N[C@@H](CCCCN)C(=O)N[C@H](C(=O)CCC(N)=O)CSCC(=O)N[C@@H](Cc2cc(F)c(F)c(F)c2)C(=O)N(C)[C@@H](Cc2ccccc2)C(=O)N1C. The monoisotopic (exact) mass is 1920 g/mol. The fraction of sp³-hybridized carbons (Fsp3) is 0.480. The molecule has 3 aliphatic rings. The maximum atomic E-state index is 15.9. The molecule has 13 atom stereocenters. The summed E-state index contributed by atoms with van der Waals surface area (Å²) in [7, 11) is 4.05. The molecule has 12 amide bonds. The van der Waals surface area contributed by atoms with Gasteiger partial charge in [-0.05, 0) is 146 Å². The van der Waals surface area contributed by atoms with Gasteiger partial charge < -0.3 is 89.4 Å². The van der Waals surface area contributed by atoms with Crippen molar-refractivity contribution in [3.63, 3.8) is 0 Å². The summed E-state index contributed by atoms with van der Waals surface area (Å²) >= 11 is 0.745. The number of amides is 12. The van der Waals surface area contributed by atoms with Crippen molar-refractivity contribution in [1.82, 2.24) is 61.4 Å². The van der Waals surface area contributed by atoms with Gasteiger partial charge in [0.2, 0.25) is 70.9 Å². The van der Waals surface area contributed by atoms with Crippen LogP contribution in [0.15, 0.2) is 152 Å². The van der Waals surface area contributed by atoms with E-state index in [4.69, 9.17) is 22.9 Å². The first-order chi connectivity index (χ1) is 66.1. The molecule has 0 spiro atoms. The zero-order valence-electron chi connectivity index (χ0n) is 79.2. The molecular weight excluding hydrogens is 1790 g/mol. The van der Waals surface area contributed by atoms with Crippen LogP contribution < -0.4 is 54.8 Å². The van der Waals surface area contributed by atoms with Gasteiger partial charge in [-0.1, -0.05) is 149 Å². The number of hydrogen-bond donors (Lipinski definition) is 12. The Bertz CT molecular complexity index is 5390. The van der Waals surface area contributed by atoms with Crippen molar-refractivity contribution in [1.29, 1.82) is 0 Å². The number of phenolic OH excluding ortho intramolecular Hbond substituents is 1. The molecule has 3 fully saturated rings. The van der Waals surface area contributed by atoms with E-state index in [-0.39, 0.29) is 108 Å². The number of halogens is 3. The van der Waals surface area contributed by atoms with Gasteiger partial charge in [-0.25, -0.2) is 13.2 Å². The number of H-pyrrole nitrogens is 1. The quantitative estimate of drug-likeness (QED) is 0.0213. The molecule has 0 aliphatic carbocycles. The highest BCUT2D eigenvalue weighted by molar-refractivity contribution is 8.00. The van der Waals surface area contributed by atoms with Gasteiger partial charge in [0.05, 0.1) is 23.8 Å². The molecule has 0 unspecified atom stereocenters. The number of nitrogens with zero attached hydrogens (tertiary/aromatic N) is 5. The lowest BCUT2D eigenvalue weighted by molar-refractivity contribution is -0.152. The van der Waals surface area contributed by atoms with Crippen molar-refractivity contribution in [3.8, 4) is 5.75 Å². The Balaban J connectivity index is 1.05. The fourth-order valence-corrected chi connectivity index (χ4v) is 19.0. The van der Waals surface area contributed by atoms with Gasteiger partial charge in [-0.3, -0.25) is 71.9 Å². The standard InChI is InChI=1S/C102H131F3N16O16S/c1-7-8-29-84-102(137)120-44-21-31-82(120)89(125)53-68(56-108)88(124)54-73(61(2)3)98(133)118(5)85(50-62-22-11-9-12-23-62)97(132)115-80(48-64-32-34-66(55-107)35-33-64)100(135)121-43-20-18-30-83(121)96(131)111-58-70(52-69-57-110-76-27-16-15-26-72(69)76)93(128)114-78(47-65-36-38-71(122)39-37-65)95(130)113-77(28-17-19-42-106)94(129)116-81(87(123)40-41-90(109)126)59-138-60-91(127)112-79(49-67-45-74(103)92(105)75(104)46-67)99(134)119(6)86(101(136)117(84)4)51-63-24-13-10-14-25-63/h9-16,22-27,32-39,45-46,57,61,68,70,73,77-86,110,122H,7-8,17-21,28-31,40-44,47-56,58-60,106-108H2,1-6H3,(H2,109,126)(H,111,131)(H,112,127)(H,113,130)(H,114,128)(H,115,132)(H,116,129)/t68-,70+,73-,77-,78-,79-,80-,81-,82+,83+,84-,85-,86-/m0/s1. The normalized spacial score (nSPS) is 23.5. The third kappa shape index (κ3) is 29.7. The van der Waals surface area contributed by atoms with Crippen LogP contribution in [0.1, 0.15) is 156 Å². The van der Waals surface area contributed by atoms with Gasteiger partial charge in [0.15, 0.2) is 29.0 Å². The van der Waals surface area contributed by atoms with E-state index in [9.17, 15) is 23.9 Å². The summed E-state index contributed by atoms with van der Waals surface area (Å²) in [5, 5.41) is 28.2. The predicted molar refractivity (Wildman–Crippen MR) is 515 cm³/mol. The van der Waals surface area contributed by atoms with Crippen molar-refractivity contribution >= 4 is 111 Å². The first-order valence-electron chi connectivity index (χ1n) is 47.5. The van der Waals surface area contributed by atoms with Gasteiger partial charge in [0, 0.05) is 146 Å². The number of fused-ring (bicyclic) bond motifs is 3. The molecule has 0 saturated carbocycles. The van der Waals surface area contributed by atoms with E-state index in [2.05, 4.69) is 36.9 Å². The number of para-hydroxylation sites is 1. The molecule has 6 aromatic carbocycles. The average Bonchev–Trinajstić information content (AvgIpc) is 1.48. The second-order valence-corrected chi connectivity index (χ2v) is 37.6. The molecule has 16 N–H and O–H groups in total. The number of piperidine rings is 1. The minimum Gasteiger partial charge on any atom is -0.508 e. The van der Waals surface area contributed by atoms with E-state index >= 15 is 66.3 Å². The molecule has 36 heteroatoms. The number of unbranched alkanes of at least 4 members (excludes halogenated alkanes) is 2. The number of aromatic hydroxyl groups is 1. The maximum Gasteiger partial charge on any atom is 0.246 e. The number of likely N-dealkylation sites (N-methyl/N-ethyl adjacent to an activating group) is 3. The zero-order chi connectivity index (χ0) is 100.0. The molecule has 10 rings (SSSR count). The molecule has 1 aromatic heterocycles. The molecule has 3 aliphatic heterocycles. The van der Waals surface area contributed by atoms with E-state index in [1.54, 1.807) is 111 Å². The number of carbonyl (C=O) groups is 15. The lowest BCUT2D eigenvalue weighted by Crippen LogP contribution is -2.60. The molecular formula is C102H131F3N16O16S. The van der Waals surface area contributed by atoms with Crippen molar-refractivity contribution in [2.75, 3.05) is 65.4 Å². The number of primary amides is 1. The highest BCUT2D eigenvalue weighted by atomic mass is 32.2. The first kappa shape index (κ1) is 107. The third-order valence-corrected chi connectivity index (χ3v) is 27.3. The topological polar surface area (TPSA) is 485 Å². The largest absolute Gasteiger partial charge is 0.508 e. The number of thioether (sulfide) groups is 1. The van der Waals surface area contributed by atoms with Gasteiger partial charge in [0.1, 0.15) is 59.9 Å². The summed E-state index contributed by atoms with van der Waals surface area (Å²) < 4.78 is 45.2. The molecule has 742 valence electrons. The van der Waals surface area contributed by atoms with Gasteiger partial charge >= 0.3 is 0 Å². The van der Waals surface area contributed by atoms with E-state index in [1.807, 2.05) is 25.1 Å². The minimum absolute atomic E-state index is 0.0391. The van der Waals surface area contributed by atoms with Crippen molar-refractivity contribution in [3.05, 3.63) is 208 Å². The second-order valence-electron chi connectivity index (χ2n) is 36.5. The number of nitrogens with two attached hydrogens (primary N) is 4. The van der Waals surface area contributed by atoms with Crippen molar-refractivity contribution < 1.29 is 90.2 Å². The minimum atomic E-state index is -1.83. The van der Waals surface area contributed by atoms with Crippen LogP contribution in [-0.4, -0.2) is 249 Å². The van der Waals surface area contributed by atoms with E-state index in [0.717, 1.165) is 27.6 Å². The Morgan fingerprint density at radius 2 is 1.06 bits per heavy atom. The van der Waals surface area contributed by atoms with Crippen LogP contribution in [0.3, 0.4) is 0 Å². The number of Topliss-reactive ketones (excluding diaryl/α,β-unsaturated/α-hetero) is 3. The maximum absolute atomic E-state index is 15.9. The van der Waals surface area contributed by atoms with Crippen LogP contribution in [0.25, 0.3) is 10.9 Å². The van der Waals surface area contributed by atoms with Crippen molar-refractivity contribution in [2.24, 2.45) is 46.6 Å². The zero-order valence-corrected chi connectivity index (χ0v) is 80.0. The predicted octanol–water partition coefficient (Wildman–Crippen LogP) is 6.18. The number of phenols is 1. The van der Waals surface area contributed by atoms with Crippen LogP contribution in [-0.2, 0) is 117 Å². The lowest BCUT2D eigenvalue weighted by atomic mass is 9.83. The number of hydrogen-bond acceptors (Lipinski definition) is 20. The van der Waals surface area contributed by atoms with Gasteiger partial charge in [-0.2, -0.15) is 0 Å². The highest BCUT2D eigenvalue weighted by Gasteiger charge is 2.46. The van der Waals surface area contributed by atoms with Crippen molar-refractivity contribution in [2.45, 2.75) is 223 Å².